The first-order valence-corrected chi connectivity index (χ1v) is 8.90. The Morgan fingerprint density at radius 2 is 1.58 bits per heavy atom. The highest BCUT2D eigenvalue weighted by molar-refractivity contribution is 5.66. The van der Waals surface area contributed by atoms with Crippen molar-refractivity contribution in [3.63, 3.8) is 0 Å². The first-order chi connectivity index (χ1) is 12.7. The molecule has 7 heteroatoms. The molecule has 1 aliphatic rings. The lowest BCUT2D eigenvalue weighted by atomic mass is 10.2. The number of aromatic nitrogens is 2. The molecule has 1 aromatic heterocycles. The second kappa shape index (κ2) is 8.60. The zero-order valence-electron chi connectivity index (χ0n) is 15.6. The molecule has 2 heterocycles. The summed E-state index contributed by atoms with van der Waals surface area (Å²) in [7, 11) is 4.79. The number of methoxy groups -OCH3 is 3. The van der Waals surface area contributed by atoms with Gasteiger partial charge in [-0.1, -0.05) is 12.8 Å². The van der Waals surface area contributed by atoms with Gasteiger partial charge in [0.15, 0.2) is 11.5 Å². The van der Waals surface area contributed by atoms with Crippen LogP contribution in [0.3, 0.4) is 0 Å². The number of rotatable bonds is 6. The van der Waals surface area contributed by atoms with Crippen molar-refractivity contribution in [2.75, 3.05) is 44.6 Å². The molecule has 0 unspecified atom stereocenters. The average molecular weight is 358 g/mol. The lowest BCUT2D eigenvalue weighted by Gasteiger charge is -2.20. The summed E-state index contributed by atoms with van der Waals surface area (Å²) in [6, 6.07) is 5.56. The van der Waals surface area contributed by atoms with Crippen molar-refractivity contribution >= 4 is 17.5 Å². The van der Waals surface area contributed by atoms with Crippen LogP contribution in [0.1, 0.15) is 25.7 Å². The van der Waals surface area contributed by atoms with Crippen molar-refractivity contribution < 1.29 is 14.2 Å². The lowest BCUT2D eigenvalue weighted by Crippen LogP contribution is -2.26. The van der Waals surface area contributed by atoms with E-state index in [0.717, 1.165) is 30.5 Å². The normalized spacial score (nSPS) is 14.5. The first kappa shape index (κ1) is 18.1. The third-order valence-electron chi connectivity index (χ3n) is 4.47. The Balaban J connectivity index is 1.83. The van der Waals surface area contributed by atoms with E-state index in [2.05, 4.69) is 20.2 Å². The number of benzene rings is 1. The highest BCUT2D eigenvalue weighted by Crippen LogP contribution is 2.40. The summed E-state index contributed by atoms with van der Waals surface area (Å²) in [4.78, 5) is 11.4. The van der Waals surface area contributed by atoms with Gasteiger partial charge in [0.25, 0.3) is 0 Å². The Labute approximate surface area is 154 Å². The van der Waals surface area contributed by atoms with Gasteiger partial charge in [-0.15, -0.1) is 0 Å². The van der Waals surface area contributed by atoms with Crippen molar-refractivity contribution in [2.24, 2.45) is 0 Å². The predicted octanol–water partition coefficient (Wildman–Crippen LogP) is 3.63. The molecule has 0 saturated carbocycles. The van der Waals surface area contributed by atoms with E-state index in [-0.39, 0.29) is 0 Å². The number of nitrogens with zero attached hydrogens (tertiary/aromatic N) is 3. The van der Waals surface area contributed by atoms with E-state index >= 15 is 0 Å². The van der Waals surface area contributed by atoms with E-state index in [1.807, 2.05) is 18.2 Å². The van der Waals surface area contributed by atoms with Crippen molar-refractivity contribution in [3.8, 4) is 17.2 Å². The third kappa shape index (κ3) is 4.09. The lowest BCUT2D eigenvalue weighted by molar-refractivity contribution is 0.324. The van der Waals surface area contributed by atoms with Crippen LogP contribution in [0, 0.1) is 0 Å². The smallest absolute Gasteiger partial charge is 0.227 e. The van der Waals surface area contributed by atoms with E-state index in [9.17, 15) is 0 Å². The van der Waals surface area contributed by atoms with Gasteiger partial charge in [-0.2, -0.15) is 4.98 Å². The summed E-state index contributed by atoms with van der Waals surface area (Å²) < 4.78 is 16.2. The second-order valence-electron chi connectivity index (χ2n) is 6.18. The Bertz CT molecular complexity index is 705. The minimum atomic E-state index is 0.563. The van der Waals surface area contributed by atoms with Crippen LogP contribution in [0.15, 0.2) is 24.4 Å². The molecule has 0 radical (unpaired) electrons. The second-order valence-corrected chi connectivity index (χ2v) is 6.18. The van der Waals surface area contributed by atoms with E-state index in [1.165, 1.54) is 25.7 Å². The maximum absolute atomic E-state index is 5.40. The predicted molar refractivity (Wildman–Crippen MR) is 102 cm³/mol. The molecule has 2 aromatic rings. The summed E-state index contributed by atoms with van der Waals surface area (Å²) >= 11 is 0. The van der Waals surface area contributed by atoms with Crippen LogP contribution in [-0.2, 0) is 0 Å². The van der Waals surface area contributed by atoms with Gasteiger partial charge < -0.3 is 24.4 Å². The molecular weight excluding hydrogens is 332 g/mol. The summed E-state index contributed by atoms with van der Waals surface area (Å²) in [5.41, 5.74) is 0.806. The highest BCUT2D eigenvalue weighted by atomic mass is 16.5. The van der Waals surface area contributed by atoms with Gasteiger partial charge >= 0.3 is 0 Å². The molecule has 1 saturated heterocycles. The topological polar surface area (TPSA) is 68.7 Å². The Morgan fingerprint density at radius 3 is 2.15 bits per heavy atom. The minimum Gasteiger partial charge on any atom is -0.493 e. The maximum atomic E-state index is 5.40. The average Bonchev–Trinajstić information content (AvgIpc) is 2.97. The summed E-state index contributed by atoms with van der Waals surface area (Å²) in [5.74, 6) is 3.25. The molecule has 140 valence electrons. The fourth-order valence-corrected chi connectivity index (χ4v) is 3.14. The van der Waals surface area contributed by atoms with Gasteiger partial charge in [0, 0.05) is 37.1 Å². The number of hydrogen-bond acceptors (Lipinski definition) is 7. The van der Waals surface area contributed by atoms with Crippen LogP contribution in [0.4, 0.5) is 17.5 Å². The SMILES string of the molecule is COc1cc(Nc2ccnc(N3CCCCCC3)n2)cc(OC)c1OC. The number of anilines is 3. The van der Waals surface area contributed by atoms with Crippen LogP contribution in [0.2, 0.25) is 0 Å². The van der Waals surface area contributed by atoms with Gasteiger partial charge in [-0.3, -0.25) is 0 Å². The Kier molecular flexibility index (Phi) is 5.99. The standard InChI is InChI=1S/C19H26N4O3/c1-24-15-12-14(13-16(25-2)18(15)26-3)21-17-8-9-20-19(22-17)23-10-6-4-5-7-11-23/h8-9,12-13H,4-7,10-11H2,1-3H3,(H,20,21,22). The third-order valence-corrected chi connectivity index (χ3v) is 4.47. The molecule has 0 aliphatic carbocycles. The zero-order valence-corrected chi connectivity index (χ0v) is 15.6. The summed E-state index contributed by atoms with van der Waals surface area (Å²) in [5, 5.41) is 3.31. The Hall–Kier alpha value is -2.70. The van der Waals surface area contributed by atoms with E-state index < -0.39 is 0 Å². The molecular formula is C19H26N4O3. The molecule has 1 N–H and O–H groups in total. The summed E-state index contributed by atoms with van der Waals surface area (Å²) in [6.07, 6.45) is 6.72. The molecule has 26 heavy (non-hydrogen) atoms. The van der Waals surface area contributed by atoms with E-state index in [0.29, 0.717) is 17.2 Å². The van der Waals surface area contributed by atoms with Crippen molar-refractivity contribution in [2.45, 2.75) is 25.7 Å². The quantitative estimate of drug-likeness (QED) is 0.845. The van der Waals surface area contributed by atoms with Gasteiger partial charge in [-0.05, 0) is 18.9 Å². The number of nitrogens with one attached hydrogen (secondary N) is 1. The first-order valence-electron chi connectivity index (χ1n) is 8.90. The largest absolute Gasteiger partial charge is 0.493 e. The van der Waals surface area contributed by atoms with Crippen LogP contribution in [0.5, 0.6) is 17.2 Å². The Morgan fingerprint density at radius 1 is 0.923 bits per heavy atom. The van der Waals surface area contributed by atoms with Crippen LogP contribution < -0.4 is 24.4 Å². The molecule has 0 spiro atoms. The van der Waals surface area contributed by atoms with Gasteiger partial charge in [-0.25, -0.2) is 4.98 Å². The van der Waals surface area contributed by atoms with E-state index in [1.54, 1.807) is 27.5 Å². The van der Waals surface area contributed by atoms with Crippen molar-refractivity contribution in [3.05, 3.63) is 24.4 Å². The molecule has 0 bridgehead atoms. The monoisotopic (exact) mass is 358 g/mol. The van der Waals surface area contributed by atoms with Gasteiger partial charge in [0.05, 0.1) is 21.3 Å². The molecule has 0 amide bonds. The van der Waals surface area contributed by atoms with Crippen molar-refractivity contribution in [1.29, 1.82) is 0 Å². The minimum absolute atomic E-state index is 0.563. The van der Waals surface area contributed by atoms with Crippen molar-refractivity contribution in [1.82, 2.24) is 9.97 Å². The van der Waals surface area contributed by atoms with Crippen LogP contribution in [0.25, 0.3) is 0 Å². The van der Waals surface area contributed by atoms with Gasteiger partial charge in [0.1, 0.15) is 5.82 Å². The maximum Gasteiger partial charge on any atom is 0.227 e. The number of hydrogen-bond donors (Lipinski definition) is 1. The van der Waals surface area contributed by atoms with E-state index in [4.69, 9.17) is 14.2 Å². The molecule has 3 rings (SSSR count). The molecule has 1 fully saturated rings. The molecule has 7 nitrogen and oxygen atoms in total. The molecule has 0 atom stereocenters. The van der Waals surface area contributed by atoms with Gasteiger partial charge in [0.2, 0.25) is 11.7 Å². The fourth-order valence-electron chi connectivity index (χ4n) is 3.14. The fraction of sp³-hybridized carbons (Fsp3) is 0.474. The number of ether oxygens (including phenoxy) is 3. The summed E-state index contributed by atoms with van der Waals surface area (Å²) in [6.45, 7) is 2.02. The zero-order chi connectivity index (χ0) is 18.4. The molecule has 1 aromatic carbocycles. The molecule has 1 aliphatic heterocycles. The van der Waals surface area contributed by atoms with Crippen LogP contribution >= 0.6 is 0 Å². The van der Waals surface area contributed by atoms with Crippen LogP contribution in [-0.4, -0.2) is 44.4 Å². The highest BCUT2D eigenvalue weighted by Gasteiger charge is 2.15.